The predicted octanol–water partition coefficient (Wildman–Crippen LogP) is 4.37. The van der Waals surface area contributed by atoms with Crippen LogP contribution in [0.1, 0.15) is 29.3 Å². The maximum atomic E-state index is 12.9. The van der Waals surface area contributed by atoms with Crippen LogP contribution < -0.4 is 5.32 Å². The molecule has 0 fully saturated rings. The van der Waals surface area contributed by atoms with Crippen molar-refractivity contribution in [3.8, 4) is 0 Å². The van der Waals surface area contributed by atoms with Crippen LogP contribution in [0, 0.1) is 0 Å². The first-order chi connectivity index (χ1) is 8.79. The minimum atomic E-state index is -4.56. The van der Waals surface area contributed by atoms with E-state index >= 15 is 0 Å². The molecule has 1 atom stereocenters. The van der Waals surface area contributed by atoms with Crippen molar-refractivity contribution in [3.05, 3.63) is 33.8 Å². The molecule has 0 radical (unpaired) electrons. The van der Waals surface area contributed by atoms with Crippen molar-refractivity contribution in [2.24, 2.45) is 0 Å². The minimum Gasteiger partial charge on any atom is -0.348 e. The number of nitrogens with one attached hydrogen (secondary N) is 1. The van der Waals surface area contributed by atoms with E-state index in [0.717, 1.165) is 6.07 Å². The van der Waals surface area contributed by atoms with Gasteiger partial charge >= 0.3 is 6.18 Å². The molecule has 7 heteroatoms. The lowest BCUT2D eigenvalue weighted by Crippen LogP contribution is -2.36. The number of amides is 1. The number of carbonyl (C=O) groups excluding carboxylic acids is 1. The molecule has 1 rings (SSSR count). The summed E-state index contributed by atoms with van der Waals surface area (Å²) < 4.78 is 38.9. The summed E-state index contributed by atoms with van der Waals surface area (Å²) in [4.78, 5) is 11.9. The third-order valence-corrected chi connectivity index (χ3v) is 3.82. The Morgan fingerprint density at radius 2 is 2.05 bits per heavy atom. The van der Waals surface area contributed by atoms with Crippen LogP contribution in [0.4, 0.5) is 13.2 Å². The second-order valence-corrected chi connectivity index (χ2v) is 5.48. The van der Waals surface area contributed by atoms with Crippen molar-refractivity contribution in [2.75, 3.05) is 5.33 Å². The van der Waals surface area contributed by atoms with Gasteiger partial charge in [-0.3, -0.25) is 4.79 Å². The topological polar surface area (TPSA) is 29.1 Å². The van der Waals surface area contributed by atoms with Gasteiger partial charge in [-0.15, -0.1) is 0 Å². The van der Waals surface area contributed by atoms with E-state index in [1.165, 1.54) is 12.1 Å². The van der Waals surface area contributed by atoms with E-state index in [1.807, 2.05) is 6.92 Å². The van der Waals surface area contributed by atoms with E-state index < -0.39 is 17.6 Å². The molecule has 1 N–H and O–H groups in total. The Balaban J connectivity index is 3.09. The molecule has 0 aromatic heterocycles. The molecular formula is C12H12Br2F3NO. The normalized spacial score (nSPS) is 13.2. The predicted molar refractivity (Wildman–Crippen MR) is 74.5 cm³/mol. The Hall–Kier alpha value is -0.560. The fourth-order valence-electron chi connectivity index (χ4n) is 1.46. The van der Waals surface area contributed by atoms with Gasteiger partial charge in [-0.05, 0) is 24.6 Å². The van der Waals surface area contributed by atoms with Gasteiger partial charge in [0, 0.05) is 15.8 Å². The van der Waals surface area contributed by atoms with Crippen molar-refractivity contribution in [3.63, 3.8) is 0 Å². The number of benzene rings is 1. The lowest BCUT2D eigenvalue weighted by Gasteiger charge is -2.17. The molecule has 0 spiro atoms. The van der Waals surface area contributed by atoms with Crippen LogP contribution in [0.3, 0.4) is 0 Å². The lowest BCUT2D eigenvalue weighted by molar-refractivity contribution is -0.138. The molecule has 0 aliphatic carbocycles. The van der Waals surface area contributed by atoms with Crippen molar-refractivity contribution in [2.45, 2.75) is 25.6 Å². The molecule has 0 aliphatic heterocycles. The quantitative estimate of drug-likeness (QED) is 0.744. The van der Waals surface area contributed by atoms with E-state index in [-0.39, 0.29) is 16.1 Å². The molecule has 0 bridgehead atoms. The summed E-state index contributed by atoms with van der Waals surface area (Å²) in [6, 6.07) is 3.30. The van der Waals surface area contributed by atoms with Crippen LogP contribution in [0.5, 0.6) is 0 Å². The van der Waals surface area contributed by atoms with Gasteiger partial charge in [-0.2, -0.15) is 13.2 Å². The van der Waals surface area contributed by atoms with E-state index in [9.17, 15) is 18.0 Å². The Morgan fingerprint density at radius 1 is 1.42 bits per heavy atom. The van der Waals surface area contributed by atoms with Crippen LogP contribution in [-0.2, 0) is 6.18 Å². The molecule has 106 valence electrons. The zero-order valence-corrected chi connectivity index (χ0v) is 13.2. The smallest absolute Gasteiger partial charge is 0.348 e. The second-order valence-electron chi connectivity index (χ2n) is 3.92. The number of rotatable bonds is 4. The average Bonchev–Trinajstić information content (AvgIpc) is 2.34. The Kier molecular flexibility index (Phi) is 5.85. The SMILES string of the molecule is CCC(CBr)NC(=O)c1ccc(Br)cc1C(F)(F)F. The first kappa shape index (κ1) is 16.5. The van der Waals surface area contributed by atoms with E-state index in [4.69, 9.17) is 0 Å². The molecule has 1 unspecified atom stereocenters. The second kappa shape index (κ2) is 6.74. The highest BCUT2D eigenvalue weighted by Crippen LogP contribution is 2.33. The first-order valence-electron chi connectivity index (χ1n) is 5.53. The molecule has 0 saturated heterocycles. The molecule has 2 nitrogen and oxygen atoms in total. The Labute approximate surface area is 126 Å². The number of halogens is 5. The summed E-state index contributed by atoms with van der Waals surface area (Å²) in [5.74, 6) is -0.717. The largest absolute Gasteiger partial charge is 0.417 e. The summed E-state index contributed by atoms with van der Waals surface area (Å²) in [7, 11) is 0. The third kappa shape index (κ3) is 4.49. The molecule has 1 aromatic carbocycles. The summed E-state index contributed by atoms with van der Waals surface area (Å²) in [6.07, 6.45) is -3.93. The van der Waals surface area contributed by atoms with Gasteiger partial charge in [0.2, 0.25) is 0 Å². The average molecular weight is 403 g/mol. The third-order valence-electron chi connectivity index (χ3n) is 2.55. The van der Waals surface area contributed by atoms with Crippen molar-refractivity contribution in [1.29, 1.82) is 0 Å². The van der Waals surface area contributed by atoms with E-state index in [1.54, 1.807) is 0 Å². The molecular weight excluding hydrogens is 391 g/mol. The summed E-state index contributed by atoms with van der Waals surface area (Å²) in [5, 5.41) is 3.06. The summed E-state index contributed by atoms with van der Waals surface area (Å²) in [5.41, 5.74) is -1.31. The molecule has 0 saturated carbocycles. The van der Waals surface area contributed by atoms with Crippen LogP contribution in [-0.4, -0.2) is 17.3 Å². The van der Waals surface area contributed by atoms with Gasteiger partial charge < -0.3 is 5.32 Å². The lowest BCUT2D eigenvalue weighted by atomic mass is 10.1. The Bertz CT molecular complexity index is 459. The molecule has 0 heterocycles. The maximum Gasteiger partial charge on any atom is 0.417 e. The first-order valence-corrected chi connectivity index (χ1v) is 7.44. The van der Waals surface area contributed by atoms with Crippen molar-refractivity contribution >= 4 is 37.8 Å². The van der Waals surface area contributed by atoms with Gasteiger partial charge in [0.05, 0.1) is 11.1 Å². The van der Waals surface area contributed by atoms with Crippen LogP contribution >= 0.6 is 31.9 Å². The number of hydrogen-bond acceptors (Lipinski definition) is 1. The van der Waals surface area contributed by atoms with Crippen molar-refractivity contribution < 1.29 is 18.0 Å². The van der Waals surface area contributed by atoms with Gasteiger partial charge in [0.1, 0.15) is 0 Å². The zero-order valence-electron chi connectivity index (χ0n) is 10.0. The number of alkyl halides is 4. The fraction of sp³-hybridized carbons (Fsp3) is 0.417. The Morgan fingerprint density at radius 3 is 2.53 bits per heavy atom. The summed E-state index contributed by atoms with van der Waals surface area (Å²) >= 11 is 6.18. The fourth-order valence-corrected chi connectivity index (χ4v) is 2.44. The molecule has 19 heavy (non-hydrogen) atoms. The van der Waals surface area contributed by atoms with Gasteiger partial charge in [-0.25, -0.2) is 0 Å². The van der Waals surface area contributed by atoms with Gasteiger partial charge in [-0.1, -0.05) is 38.8 Å². The maximum absolute atomic E-state index is 12.9. The van der Waals surface area contributed by atoms with Crippen molar-refractivity contribution in [1.82, 2.24) is 5.32 Å². The van der Waals surface area contributed by atoms with Crippen LogP contribution in [0.25, 0.3) is 0 Å². The van der Waals surface area contributed by atoms with E-state index in [2.05, 4.69) is 37.2 Å². The monoisotopic (exact) mass is 401 g/mol. The van der Waals surface area contributed by atoms with Gasteiger partial charge in [0.25, 0.3) is 5.91 Å². The standard InChI is InChI=1S/C12H12Br2F3NO/c1-2-8(6-13)18-11(19)9-4-3-7(14)5-10(9)12(15,16)17/h3-5,8H,2,6H2,1H3,(H,18,19). The molecule has 1 aromatic rings. The van der Waals surface area contributed by atoms with Gasteiger partial charge in [0.15, 0.2) is 0 Å². The van der Waals surface area contributed by atoms with Crippen LogP contribution in [0.2, 0.25) is 0 Å². The number of hydrogen-bond donors (Lipinski definition) is 1. The highest BCUT2D eigenvalue weighted by Gasteiger charge is 2.35. The number of carbonyl (C=O) groups is 1. The molecule has 0 aliphatic rings. The van der Waals surface area contributed by atoms with E-state index in [0.29, 0.717) is 11.8 Å². The zero-order chi connectivity index (χ0) is 14.6. The molecule has 1 amide bonds. The summed E-state index contributed by atoms with van der Waals surface area (Å²) in [6.45, 7) is 1.85. The van der Waals surface area contributed by atoms with Crippen LogP contribution in [0.15, 0.2) is 22.7 Å². The highest BCUT2D eigenvalue weighted by atomic mass is 79.9. The highest BCUT2D eigenvalue weighted by molar-refractivity contribution is 9.10. The minimum absolute atomic E-state index is 0.197.